The van der Waals surface area contributed by atoms with Crippen LogP contribution in [0.1, 0.15) is 36.3 Å². The first kappa shape index (κ1) is 14.8. The Morgan fingerprint density at radius 1 is 0.955 bits per heavy atom. The van der Waals surface area contributed by atoms with Gasteiger partial charge in [-0.2, -0.15) is 0 Å². The van der Waals surface area contributed by atoms with E-state index in [2.05, 4.69) is 41.7 Å². The normalized spacial score (nSPS) is 19.6. The van der Waals surface area contributed by atoms with Gasteiger partial charge in [-0.25, -0.2) is 0 Å². The smallest absolute Gasteiger partial charge is 0.223 e. The molecule has 1 saturated carbocycles. The minimum absolute atomic E-state index is 0.191. The summed E-state index contributed by atoms with van der Waals surface area (Å²) in [5, 5.41) is 3.09. The molecule has 3 rings (SSSR count). The summed E-state index contributed by atoms with van der Waals surface area (Å²) in [6, 6.07) is 20.9. The molecule has 0 bridgehead atoms. The second-order valence-electron chi connectivity index (χ2n) is 6.09. The number of hydrogen-bond donors (Lipinski definition) is 1. The number of amides is 1. The van der Waals surface area contributed by atoms with Crippen molar-refractivity contribution in [1.29, 1.82) is 0 Å². The Bertz CT molecular complexity index is 594. The molecule has 1 aliphatic carbocycles. The molecule has 2 heteroatoms. The van der Waals surface area contributed by atoms with E-state index in [9.17, 15) is 4.79 Å². The van der Waals surface area contributed by atoms with Crippen molar-refractivity contribution in [2.75, 3.05) is 6.54 Å². The van der Waals surface area contributed by atoms with Gasteiger partial charge in [0.15, 0.2) is 0 Å². The molecule has 0 aliphatic heterocycles. The maximum absolute atomic E-state index is 12.1. The Morgan fingerprint density at radius 2 is 1.64 bits per heavy atom. The number of carbonyl (C=O) groups is 1. The van der Waals surface area contributed by atoms with Gasteiger partial charge in [-0.1, -0.05) is 60.7 Å². The lowest BCUT2D eigenvalue weighted by Crippen LogP contribution is -2.26. The highest BCUT2D eigenvalue weighted by molar-refractivity contribution is 5.82. The van der Waals surface area contributed by atoms with Crippen molar-refractivity contribution in [2.24, 2.45) is 5.92 Å². The number of nitrogens with one attached hydrogen (secondary N) is 1. The molecule has 2 aromatic carbocycles. The Labute approximate surface area is 132 Å². The molecule has 0 radical (unpaired) electrons. The minimum atomic E-state index is 0.191. The minimum Gasteiger partial charge on any atom is -0.356 e. The third-order valence-corrected chi connectivity index (χ3v) is 4.39. The van der Waals surface area contributed by atoms with Crippen LogP contribution in [0, 0.1) is 5.92 Å². The van der Waals surface area contributed by atoms with Gasteiger partial charge in [-0.05, 0) is 42.7 Å². The van der Waals surface area contributed by atoms with Gasteiger partial charge in [-0.3, -0.25) is 4.79 Å². The van der Waals surface area contributed by atoms with Gasteiger partial charge in [0.05, 0.1) is 0 Å². The molecule has 0 aromatic heterocycles. The topological polar surface area (TPSA) is 29.1 Å². The van der Waals surface area contributed by atoms with E-state index in [1.807, 2.05) is 24.3 Å². The number of benzene rings is 2. The molecule has 2 aromatic rings. The van der Waals surface area contributed by atoms with Crippen molar-refractivity contribution in [1.82, 2.24) is 5.32 Å². The van der Waals surface area contributed by atoms with E-state index >= 15 is 0 Å². The third kappa shape index (κ3) is 3.97. The predicted octanol–water partition coefficient (Wildman–Crippen LogP) is 3.93. The molecule has 1 aliphatic rings. The summed E-state index contributed by atoms with van der Waals surface area (Å²) in [5.74, 6) is 0.857. The van der Waals surface area contributed by atoms with E-state index in [1.165, 1.54) is 11.1 Å². The van der Waals surface area contributed by atoms with Crippen LogP contribution in [0.2, 0.25) is 0 Å². The number of rotatable bonds is 7. The third-order valence-electron chi connectivity index (χ3n) is 4.39. The maximum Gasteiger partial charge on any atom is 0.223 e. The van der Waals surface area contributed by atoms with E-state index in [1.54, 1.807) is 0 Å². The second-order valence-corrected chi connectivity index (χ2v) is 6.09. The van der Waals surface area contributed by atoms with Gasteiger partial charge < -0.3 is 5.32 Å². The van der Waals surface area contributed by atoms with Crippen LogP contribution in [-0.4, -0.2) is 12.5 Å². The molecule has 1 N–H and O–H groups in total. The fourth-order valence-electron chi connectivity index (χ4n) is 2.99. The van der Waals surface area contributed by atoms with Gasteiger partial charge in [0.1, 0.15) is 0 Å². The Morgan fingerprint density at radius 3 is 2.36 bits per heavy atom. The average Bonchev–Trinajstić information content (AvgIpc) is 3.37. The average molecular weight is 293 g/mol. The molecule has 0 saturated heterocycles. The molecule has 1 amide bonds. The first-order valence-corrected chi connectivity index (χ1v) is 8.21. The van der Waals surface area contributed by atoms with E-state index < -0.39 is 0 Å². The lowest BCUT2D eigenvalue weighted by Gasteiger charge is -2.05. The molecular formula is C20H23NO. The molecule has 0 unspecified atom stereocenters. The molecule has 2 nitrogen and oxygen atoms in total. The number of unbranched alkanes of at least 4 members (excludes halogenated alkanes) is 1. The van der Waals surface area contributed by atoms with Gasteiger partial charge in [0.2, 0.25) is 5.91 Å². The molecular weight excluding hydrogens is 270 g/mol. The van der Waals surface area contributed by atoms with Gasteiger partial charge in [-0.15, -0.1) is 0 Å². The van der Waals surface area contributed by atoms with Crippen LogP contribution in [0.4, 0.5) is 0 Å². The molecule has 114 valence electrons. The molecule has 0 heterocycles. The zero-order valence-corrected chi connectivity index (χ0v) is 12.9. The van der Waals surface area contributed by atoms with Crippen LogP contribution in [-0.2, 0) is 11.2 Å². The van der Waals surface area contributed by atoms with Crippen molar-refractivity contribution >= 4 is 5.91 Å². The van der Waals surface area contributed by atoms with Crippen molar-refractivity contribution in [3.8, 4) is 0 Å². The van der Waals surface area contributed by atoms with E-state index in [0.29, 0.717) is 5.92 Å². The Kier molecular flexibility index (Phi) is 4.89. The van der Waals surface area contributed by atoms with Gasteiger partial charge >= 0.3 is 0 Å². The number of hydrogen-bond acceptors (Lipinski definition) is 1. The lowest BCUT2D eigenvalue weighted by molar-refractivity contribution is -0.122. The monoisotopic (exact) mass is 293 g/mol. The summed E-state index contributed by atoms with van der Waals surface area (Å²) in [4.78, 5) is 12.1. The summed E-state index contributed by atoms with van der Waals surface area (Å²) in [5.41, 5.74) is 2.67. The van der Waals surface area contributed by atoms with Crippen LogP contribution < -0.4 is 5.32 Å². The van der Waals surface area contributed by atoms with Crippen LogP contribution in [0.25, 0.3) is 0 Å². The number of carbonyl (C=O) groups excluding carboxylic acids is 1. The summed E-state index contributed by atoms with van der Waals surface area (Å²) < 4.78 is 0. The first-order chi connectivity index (χ1) is 10.8. The predicted molar refractivity (Wildman–Crippen MR) is 89.7 cm³/mol. The van der Waals surface area contributed by atoms with Crippen molar-refractivity contribution < 1.29 is 4.79 Å². The van der Waals surface area contributed by atoms with E-state index in [-0.39, 0.29) is 11.8 Å². The molecule has 22 heavy (non-hydrogen) atoms. The lowest BCUT2D eigenvalue weighted by atomic mass is 10.1. The summed E-state index contributed by atoms with van der Waals surface area (Å²) >= 11 is 0. The highest BCUT2D eigenvalue weighted by Crippen LogP contribution is 2.47. The van der Waals surface area contributed by atoms with Crippen LogP contribution >= 0.6 is 0 Å². The van der Waals surface area contributed by atoms with E-state index in [0.717, 1.165) is 32.2 Å². The summed E-state index contributed by atoms with van der Waals surface area (Å²) in [6.07, 6.45) is 4.26. The van der Waals surface area contributed by atoms with Crippen molar-refractivity contribution in [3.63, 3.8) is 0 Å². The first-order valence-electron chi connectivity index (χ1n) is 8.21. The molecule has 1 fully saturated rings. The Balaban J connectivity index is 1.32. The Hall–Kier alpha value is -2.09. The number of aryl methyl sites for hydroxylation is 1. The standard InChI is InChI=1S/C20H23NO/c22-20(19-15-18(19)17-12-5-2-6-13-17)21-14-8-7-11-16-9-3-1-4-10-16/h1-6,9-10,12-13,18-19H,7-8,11,14-15H2,(H,21,22)/t18-,19-/m1/s1. The van der Waals surface area contributed by atoms with Crippen molar-refractivity contribution in [3.05, 3.63) is 71.8 Å². The highest BCUT2D eigenvalue weighted by Gasteiger charge is 2.43. The SMILES string of the molecule is O=C(NCCCCc1ccccc1)[C@@H]1C[C@@H]1c1ccccc1. The summed E-state index contributed by atoms with van der Waals surface area (Å²) in [6.45, 7) is 0.795. The zero-order valence-electron chi connectivity index (χ0n) is 12.9. The maximum atomic E-state index is 12.1. The largest absolute Gasteiger partial charge is 0.356 e. The quantitative estimate of drug-likeness (QED) is 0.770. The van der Waals surface area contributed by atoms with Crippen LogP contribution in [0.5, 0.6) is 0 Å². The van der Waals surface area contributed by atoms with Gasteiger partial charge in [0, 0.05) is 12.5 Å². The summed E-state index contributed by atoms with van der Waals surface area (Å²) in [7, 11) is 0. The van der Waals surface area contributed by atoms with Gasteiger partial charge in [0.25, 0.3) is 0 Å². The van der Waals surface area contributed by atoms with Crippen LogP contribution in [0.3, 0.4) is 0 Å². The van der Waals surface area contributed by atoms with E-state index in [4.69, 9.17) is 0 Å². The molecule has 0 spiro atoms. The van der Waals surface area contributed by atoms with Crippen LogP contribution in [0.15, 0.2) is 60.7 Å². The highest BCUT2D eigenvalue weighted by atomic mass is 16.2. The fourth-order valence-corrected chi connectivity index (χ4v) is 2.99. The zero-order chi connectivity index (χ0) is 15.2. The van der Waals surface area contributed by atoms with Crippen molar-refractivity contribution in [2.45, 2.75) is 31.6 Å². The second kappa shape index (κ2) is 7.26. The molecule has 2 atom stereocenters. The fraction of sp³-hybridized carbons (Fsp3) is 0.350.